The van der Waals surface area contributed by atoms with Gasteiger partial charge in [-0.15, -0.1) is 11.8 Å². The molecule has 2 atom stereocenters. The number of carboxylic acids is 1. The lowest BCUT2D eigenvalue weighted by molar-refractivity contribution is -0.141. The highest BCUT2D eigenvalue weighted by Gasteiger charge is 2.41. The molecular formula is C14H16BrNO3S. The maximum absolute atomic E-state index is 12.7. The second-order valence-electron chi connectivity index (χ2n) is 4.72. The van der Waals surface area contributed by atoms with E-state index in [1.165, 1.54) is 16.7 Å². The van der Waals surface area contributed by atoms with Crippen molar-refractivity contribution in [1.82, 2.24) is 4.90 Å². The van der Waals surface area contributed by atoms with Gasteiger partial charge in [-0.1, -0.05) is 28.9 Å². The van der Waals surface area contributed by atoms with Crippen LogP contribution < -0.4 is 0 Å². The van der Waals surface area contributed by atoms with E-state index in [2.05, 4.69) is 15.9 Å². The number of benzene rings is 1. The number of amides is 1. The fourth-order valence-electron chi connectivity index (χ4n) is 2.30. The van der Waals surface area contributed by atoms with Crippen molar-refractivity contribution in [3.8, 4) is 0 Å². The van der Waals surface area contributed by atoms with Gasteiger partial charge >= 0.3 is 5.97 Å². The topological polar surface area (TPSA) is 57.6 Å². The highest BCUT2D eigenvalue weighted by Crippen LogP contribution is 2.33. The number of carbonyl (C=O) groups is 2. The predicted octanol–water partition coefficient (Wildman–Crippen LogP) is 3.14. The molecule has 2 unspecified atom stereocenters. The van der Waals surface area contributed by atoms with Crippen LogP contribution >= 0.6 is 27.7 Å². The van der Waals surface area contributed by atoms with Gasteiger partial charge in [0.25, 0.3) is 5.91 Å². The second-order valence-corrected chi connectivity index (χ2v) is 6.85. The first-order valence-electron chi connectivity index (χ1n) is 6.39. The third-order valence-corrected chi connectivity index (χ3v) is 5.34. The molecule has 1 N–H and O–H groups in total. The van der Waals surface area contributed by atoms with E-state index in [-0.39, 0.29) is 11.3 Å². The Kier molecular flexibility index (Phi) is 4.75. The molecule has 1 aliphatic rings. The zero-order valence-electron chi connectivity index (χ0n) is 11.3. The van der Waals surface area contributed by atoms with Crippen molar-refractivity contribution >= 4 is 39.6 Å². The van der Waals surface area contributed by atoms with Crippen LogP contribution in [0.1, 0.15) is 29.3 Å². The van der Waals surface area contributed by atoms with Crippen molar-refractivity contribution in [3.63, 3.8) is 0 Å². The van der Waals surface area contributed by atoms with E-state index in [9.17, 15) is 14.7 Å². The summed E-state index contributed by atoms with van der Waals surface area (Å²) in [6.07, 6.45) is 0.743. The zero-order chi connectivity index (χ0) is 14.9. The molecule has 0 aliphatic carbocycles. The lowest BCUT2D eigenvalue weighted by Gasteiger charge is -2.27. The van der Waals surface area contributed by atoms with Crippen molar-refractivity contribution in [3.05, 3.63) is 33.8 Å². The Morgan fingerprint density at radius 1 is 1.50 bits per heavy atom. The van der Waals surface area contributed by atoms with Crippen LogP contribution in [0, 0.1) is 6.92 Å². The Hall–Kier alpha value is -1.01. The lowest BCUT2D eigenvalue weighted by atomic mass is 10.1. The molecule has 1 heterocycles. The van der Waals surface area contributed by atoms with Crippen molar-refractivity contribution in [2.45, 2.75) is 31.7 Å². The maximum atomic E-state index is 12.7. The van der Waals surface area contributed by atoms with Gasteiger partial charge in [-0.05, 0) is 31.0 Å². The molecule has 0 bridgehead atoms. The van der Waals surface area contributed by atoms with Crippen LogP contribution in [0.3, 0.4) is 0 Å². The third-order valence-electron chi connectivity index (χ3n) is 3.39. The fraction of sp³-hybridized carbons (Fsp3) is 0.429. The molecule has 0 spiro atoms. The number of nitrogens with zero attached hydrogens (tertiary/aromatic N) is 1. The molecule has 2 rings (SSSR count). The highest BCUT2D eigenvalue weighted by atomic mass is 79.9. The summed E-state index contributed by atoms with van der Waals surface area (Å²) >= 11 is 4.89. The average Bonchev–Trinajstić information content (AvgIpc) is 2.84. The van der Waals surface area contributed by atoms with E-state index in [1.807, 2.05) is 26.0 Å². The van der Waals surface area contributed by atoms with Crippen LogP contribution in [0.15, 0.2) is 22.7 Å². The first-order valence-corrected chi connectivity index (χ1v) is 8.23. The number of hydrogen-bond donors (Lipinski definition) is 1. The van der Waals surface area contributed by atoms with Crippen molar-refractivity contribution in [1.29, 1.82) is 0 Å². The molecule has 1 amide bonds. The Morgan fingerprint density at radius 3 is 2.80 bits per heavy atom. The largest absolute Gasteiger partial charge is 0.480 e. The fourth-order valence-corrected chi connectivity index (χ4v) is 4.01. The highest BCUT2D eigenvalue weighted by molar-refractivity contribution is 9.10. The lowest BCUT2D eigenvalue weighted by Crippen LogP contribution is -2.45. The van der Waals surface area contributed by atoms with Gasteiger partial charge in [0.2, 0.25) is 0 Å². The molecular weight excluding hydrogens is 342 g/mol. The zero-order valence-corrected chi connectivity index (χ0v) is 13.7. The van der Waals surface area contributed by atoms with Crippen LogP contribution in [0.5, 0.6) is 0 Å². The van der Waals surface area contributed by atoms with Gasteiger partial charge in [-0.2, -0.15) is 0 Å². The molecule has 108 valence electrons. The Balaban J connectivity index is 2.38. The molecule has 0 aromatic heterocycles. The van der Waals surface area contributed by atoms with Gasteiger partial charge in [0.05, 0.1) is 5.37 Å². The molecule has 1 aromatic carbocycles. The van der Waals surface area contributed by atoms with E-state index in [1.54, 1.807) is 6.07 Å². The number of rotatable bonds is 3. The van der Waals surface area contributed by atoms with Gasteiger partial charge in [0.1, 0.15) is 6.04 Å². The smallest absolute Gasteiger partial charge is 0.327 e. The Labute approximate surface area is 130 Å². The monoisotopic (exact) mass is 357 g/mol. The normalized spacial score (nSPS) is 22.1. The van der Waals surface area contributed by atoms with Crippen LogP contribution in [0.4, 0.5) is 0 Å². The molecule has 1 fully saturated rings. The number of aryl methyl sites for hydroxylation is 1. The van der Waals surface area contributed by atoms with E-state index >= 15 is 0 Å². The van der Waals surface area contributed by atoms with Crippen LogP contribution in [0.2, 0.25) is 0 Å². The Bertz CT molecular complexity index is 549. The van der Waals surface area contributed by atoms with Gasteiger partial charge in [-0.25, -0.2) is 4.79 Å². The van der Waals surface area contributed by atoms with Crippen molar-refractivity contribution in [2.75, 3.05) is 5.75 Å². The predicted molar refractivity (Wildman–Crippen MR) is 83.0 cm³/mol. The minimum absolute atomic E-state index is 0.0676. The summed E-state index contributed by atoms with van der Waals surface area (Å²) in [7, 11) is 0. The first kappa shape index (κ1) is 15.4. The summed E-state index contributed by atoms with van der Waals surface area (Å²) < 4.78 is 0.818. The number of aliphatic carboxylic acids is 1. The number of carboxylic acid groups (broad SMARTS) is 1. The molecule has 0 radical (unpaired) electrons. The van der Waals surface area contributed by atoms with Gasteiger partial charge in [0, 0.05) is 15.8 Å². The van der Waals surface area contributed by atoms with E-state index in [0.717, 1.165) is 16.5 Å². The first-order chi connectivity index (χ1) is 9.45. The van der Waals surface area contributed by atoms with E-state index in [0.29, 0.717) is 11.3 Å². The second kappa shape index (κ2) is 6.18. The summed E-state index contributed by atoms with van der Waals surface area (Å²) in [5.74, 6) is -0.686. The molecule has 4 nitrogen and oxygen atoms in total. The summed E-state index contributed by atoms with van der Waals surface area (Å²) in [6, 6.07) is 4.75. The quantitative estimate of drug-likeness (QED) is 0.902. The molecule has 6 heteroatoms. The van der Waals surface area contributed by atoms with Gasteiger partial charge < -0.3 is 10.0 Å². The van der Waals surface area contributed by atoms with Gasteiger partial charge in [-0.3, -0.25) is 4.79 Å². The number of thioether (sulfide) groups is 1. The minimum atomic E-state index is -0.936. The molecule has 1 saturated heterocycles. The SMILES string of the molecule is CCC1SCC(C(=O)O)N1C(=O)c1cc(Br)ccc1C. The van der Waals surface area contributed by atoms with E-state index < -0.39 is 12.0 Å². The number of halogens is 1. The third kappa shape index (κ3) is 2.86. The van der Waals surface area contributed by atoms with Crippen LogP contribution in [0.25, 0.3) is 0 Å². The Morgan fingerprint density at radius 2 is 2.20 bits per heavy atom. The van der Waals surface area contributed by atoms with E-state index in [4.69, 9.17) is 0 Å². The molecule has 1 aromatic rings. The van der Waals surface area contributed by atoms with Crippen LogP contribution in [-0.2, 0) is 4.79 Å². The number of carbonyl (C=O) groups excluding carboxylic acids is 1. The minimum Gasteiger partial charge on any atom is -0.480 e. The van der Waals surface area contributed by atoms with Gasteiger partial charge in [0.15, 0.2) is 0 Å². The molecule has 20 heavy (non-hydrogen) atoms. The van der Waals surface area contributed by atoms with Crippen molar-refractivity contribution < 1.29 is 14.7 Å². The van der Waals surface area contributed by atoms with Crippen molar-refractivity contribution in [2.24, 2.45) is 0 Å². The summed E-state index contributed by atoms with van der Waals surface area (Å²) in [6.45, 7) is 3.83. The molecule has 0 saturated carbocycles. The maximum Gasteiger partial charge on any atom is 0.327 e. The van der Waals surface area contributed by atoms with Crippen LogP contribution in [-0.4, -0.2) is 39.1 Å². The standard InChI is InChI=1S/C14H16BrNO3S/c1-3-12-16(11(7-20-12)14(18)19)13(17)10-6-9(15)5-4-8(10)2/h4-6,11-12H,3,7H2,1-2H3,(H,18,19). The summed E-state index contributed by atoms with van der Waals surface area (Å²) in [4.78, 5) is 25.6. The molecule has 1 aliphatic heterocycles. The number of hydrogen-bond acceptors (Lipinski definition) is 3. The average molecular weight is 358 g/mol. The summed E-state index contributed by atoms with van der Waals surface area (Å²) in [5.41, 5.74) is 1.42. The summed E-state index contributed by atoms with van der Waals surface area (Å²) in [5, 5.41) is 9.23.